The van der Waals surface area contributed by atoms with E-state index in [0.717, 1.165) is 16.7 Å². The van der Waals surface area contributed by atoms with Crippen molar-refractivity contribution in [1.29, 1.82) is 0 Å². The third kappa shape index (κ3) is 3.36. The zero-order valence-electron chi connectivity index (χ0n) is 16.6. The summed E-state index contributed by atoms with van der Waals surface area (Å²) in [5, 5.41) is 0. The van der Waals surface area contributed by atoms with Gasteiger partial charge < -0.3 is 0 Å². The summed E-state index contributed by atoms with van der Waals surface area (Å²) in [6.07, 6.45) is 0. The molecule has 3 aromatic carbocycles. The second kappa shape index (κ2) is 6.78. The first-order valence-corrected chi connectivity index (χ1v) is 17.1. The molecule has 0 radical (unpaired) electrons. The van der Waals surface area contributed by atoms with Gasteiger partial charge >= 0.3 is 165 Å². The molecule has 0 atom stereocenters. The summed E-state index contributed by atoms with van der Waals surface area (Å²) in [6, 6.07) is 20.4. The van der Waals surface area contributed by atoms with Crippen LogP contribution in [0.15, 0.2) is 72.8 Å². The van der Waals surface area contributed by atoms with Crippen LogP contribution in [0.4, 0.5) is 5.25 Å². The van der Waals surface area contributed by atoms with Crippen molar-refractivity contribution < 1.29 is 5.25 Å². The summed E-state index contributed by atoms with van der Waals surface area (Å²) in [7, 11) is 0. The van der Waals surface area contributed by atoms with Crippen LogP contribution in [-0.2, 0) is 5.41 Å². The summed E-state index contributed by atoms with van der Waals surface area (Å²) >= 11 is -6.75. The van der Waals surface area contributed by atoms with Crippen LogP contribution >= 0.6 is 0 Å². The third-order valence-electron chi connectivity index (χ3n) is 5.33. The van der Waals surface area contributed by atoms with Gasteiger partial charge in [0, 0.05) is 0 Å². The van der Waals surface area contributed by atoms with Gasteiger partial charge in [0.2, 0.25) is 0 Å². The molecule has 0 saturated carbocycles. The van der Waals surface area contributed by atoms with Gasteiger partial charge in [0.15, 0.2) is 0 Å². The third-order valence-corrected chi connectivity index (χ3v) is 19.2. The van der Waals surface area contributed by atoms with E-state index < -0.39 is 20.0 Å². The number of hydrogen-bond acceptors (Lipinski definition) is 0. The van der Waals surface area contributed by atoms with Crippen LogP contribution in [0.2, 0.25) is 0 Å². The first-order chi connectivity index (χ1) is 12.5. The van der Waals surface area contributed by atoms with E-state index in [4.69, 9.17) is 0 Å². The number of benzene rings is 3. The maximum atomic E-state index is 17.1. The van der Waals surface area contributed by atoms with E-state index in [1.165, 1.54) is 0 Å². The van der Waals surface area contributed by atoms with E-state index in [2.05, 4.69) is 20.8 Å². The zero-order chi connectivity index (χ0) is 19.9. The number of halogens is 2. The molecule has 0 bridgehead atoms. The van der Waals surface area contributed by atoms with Gasteiger partial charge in [-0.25, -0.2) is 0 Å². The number of rotatable bonds is 3. The first-order valence-electron chi connectivity index (χ1n) is 9.23. The molecule has 0 fully saturated rings. The first kappa shape index (κ1) is 20.1. The van der Waals surface area contributed by atoms with Crippen LogP contribution in [0.1, 0.15) is 37.5 Å². The molecule has 0 aromatic heterocycles. The molecule has 0 saturated heterocycles. The molecule has 3 aromatic rings. The van der Waals surface area contributed by atoms with Crippen molar-refractivity contribution in [2.75, 3.05) is 0 Å². The molecule has 3 rings (SSSR count). The van der Waals surface area contributed by atoms with Gasteiger partial charge in [0.25, 0.3) is 0 Å². The average Bonchev–Trinajstić information content (AvgIpc) is 2.64. The van der Waals surface area contributed by atoms with Gasteiger partial charge in [-0.2, -0.15) is 0 Å². The Balaban J connectivity index is 2.43. The van der Waals surface area contributed by atoms with E-state index in [9.17, 15) is 0 Å². The molecule has 0 N–H and O–H groups in total. The molecule has 0 nitrogen and oxygen atoms in total. The molecule has 0 unspecified atom stereocenters. The van der Waals surface area contributed by atoms with Crippen molar-refractivity contribution in [3.05, 3.63) is 89.5 Å². The molecule has 0 aliphatic heterocycles. The minimum absolute atomic E-state index is 0.192. The molecule has 142 valence electrons. The molecular weight excluding hydrogens is 535 g/mol. The molecule has 0 aliphatic rings. The fourth-order valence-electron chi connectivity index (χ4n) is 3.67. The summed E-state index contributed by atoms with van der Waals surface area (Å²) < 4.78 is 34.8. The molecule has 0 aliphatic carbocycles. The van der Waals surface area contributed by atoms with Crippen LogP contribution in [0.25, 0.3) is 0 Å². The molecule has 3 heteroatoms. The minimum atomic E-state index is -6.75. The Bertz CT molecular complexity index is 911. The van der Waals surface area contributed by atoms with Gasteiger partial charge in [0.1, 0.15) is 0 Å². The van der Waals surface area contributed by atoms with Crippen molar-refractivity contribution in [2.24, 2.45) is 0 Å². The van der Waals surface area contributed by atoms with Gasteiger partial charge in [0.05, 0.1) is 0 Å². The SMILES string of the molecule is Cc1c[c]([Bi]([F])([F])([c]2ccccc2)[c]2ccccc2)cc(C(C)(C)C)c1C. The Morgan fingerprint density at radius 2 is 1.11 bits per heavy atom. The number of aryl methyl sites for hydroxylation is 1. The van der Waals surface area contributed by atoms with Crippen LogP contribution in [-0.4, -0.2) is 20.0 Å². The molecule has 0 spiro atoms. The van der Waals surface area contributed by atoms with E-state index in [1.807, 2.05) is 13.8 Å². The number of hydrogen-bond donors (Lipinski definition) is 0. The quantitative estimate of drug-likeness (QED) is 0.397. The Labute approximate surface area is 164 Å². The topological polar surface area (TPSA) is 0 Å². The monoisotopic (exact) mass is 562 g/mol. The normalized spacial score (nSPS) is 13.8. The second-order valence-electron chi connectivity index (χ2n) is 8.26. The Kier molecular flexibility index (Phi) is 5.06. The van der Waals surface area contributed by atoms with Crippen LogP contribution in [0.5, 0.6) is 0 Å². The predicted molar refractivity (Wildman–Crippen MR) is 114 cm³/mol. The average molecular weight is 562 g/mol. The predicted octanol–water partition coefficient (Wildman–Crippen LogP) is 4.96. The van der Waals surface area contributed by atoms with Crippen molar-refractivity contribution in [3.63, 3.8) is 0 Å². The van der Waals surface area contributed by atoms with Gasteiger partial charge in [-0.15, -0.1) is 0 Å². The van der Waals surface area contributed by atoms with E-state index in [0.29, 0.717) is 0 Å². The van der Waals surface area contributed by atoms with Crippen LogP contribution in [0, 0.1) is 13.8 Å². The van der Waals surface area contributed by atoms with Crippen molar-refractivity contribution in [3.8, 4) is 0 Å². The van der Waals surface area contributed by atoms with Crippen molar-refractivity contribution in [2.45, 2.75) is 40.0 Å². The van der Waals surface area contributed by atoms with E-state index in [1.54, 1.807) is 72.8 Å². The molecule has 0 amide bonds. The van der Waals surface area contributed by atoms with Crippen molar-refractivity contribution in [1.82, 2.24) is 0 Å². The van der Waals surface area contributed by atoms with Crippen molar-refractivity contribution >= 4 is 29.8 Å². The summed E-state index contributed by atoms with van der Waals surface area (Å²) in [4.78, 5) is 0. The van der Waals surface area contributed by atoms with Gasteiger partial charge in [-0.1, -0.05) is 0 Å². The molecular formula is C24H27BiF2. The Morgan fingerprint density at radius 1 is 0.667 bits per heavy atom. The fraction of sp³-hybridized carbons (Fsp3) is 0.250. The van der Waals surface area contributed by atoms with Gasteiger partial charge in [-0.05, 0) is 0 Å². The van der Waals surface area contributed by atoms with E-state index >= 15 is 5.25 Å². The molecule has 0 heterocycles. The Hall–Kier alpha value is -1.60. The maximum absolute atomic E-state index is 17.1. The summed E-state index contributed by atoms with van der Waals surface area (Å²) in [6.45, 7) is 10.2. The van der Waals surface area contributed by atoms with Crippen LogP contribution < -0.4 is 9.81 Å². The summed E-state index contributed by atoms with van der Waals surface area (Å²) in [5.74, 6) is 0. The zero-order valence-corrected chi connectivity index (χ0v) is 20.1. The fourth-order valence-corrected chi connectivity index (χ4v) is 15.6. The van der Waals surface area contributed by atoms with Crippen LogP contribution in [0.3, 0.4) is 0 Å². The molecule has 27 heavy (non-hydrogen) atoms. The van der Waals surface area contributed by atoms with E-state index in [-0.39, 0.29) is 15.2 Å². The standard InChI is InChI=1S/C12H17.2C6H5.Bi.2FH/c1-9-7-6-8-11(10(9)2)12(3,4)5;2*1-2-4-6-5-3-1;;;/h7-8H,1-5H3;2*1-5H;;2*1H/q;;;+2;;/p-2. The Morgan fingerprint density at radius 3 is 1.52 bits per heavy atom. The second-order valence-corrected chi connectivity index (χ2v) is 21.3. The summed E-state index contributed by atoms with van der Waals surface area (Å²) in [5.41, 5.74) is 2.84. The van der Waals surface area contributed by atoms with Gasteiger partial charge in [-0.3, -0.25) is 0 Å².